The fraction of sp³-hybridized carbons (Fsp3) is 0.556. The van der Waals surface area contributed by atoms with Crippen molar-refractivity contribution in [3.63, 3.8) is 0 Å². The summed E-state index contributed by atoms with van der Waals surface area (Å²) in [5, 5.41) is 21.6. The maximum atomic E-state index is 11.2. The van der Waals surface area contributed by atoms with Crippen molar-refractivity contribution in [1.82, 2.24) is 0 Å². The number of carboxylic acid groups (broad SMARTS) is 2. The van der Waals surface area contributed by atoms with Gasteiger partial charge in [-0.2, -0.15) is 0 Å². The molecule has 2 bridgehead atoms. The van der Waals surface area contributed by atoms with Gasteiger partial charge in [-0.15, -0.1) is 23.2 Å². The van der Waals surface area contributed by atoms with E-state index in [1.807, 2.05) is 0 Å². The summed E-state index contributed by atoms with van der Waals surface area (Å²) in [6.45, 7) is 0. The Morgan fingerprint density at radius 3 is 1.30 bits per heavy atom. The van der Waals surface area contributed by atoms with Crippen LogP contribution in [0.25, 0.3) is 0 Å². The van der Waals surface area contributed by atoms with E-state index in [4.69, 9.17) is 69.6 Å². The third-order valence-corrected chi connectivity index (χ3v) is 7.70. The van der Waals surface area contributed by atoms with Crippen LogP contribution in [0.4, 0.5) is 0 Å². The molecule has 2 aliphatic rings. The number of allylic oxidation sites excluding steroid dienone is 2. The third-order valence-electron chi connectivity index (χ3n) is 3.44. The van der Waals surface area contributed by atoms with Crippen LogP contribution < -0.4 is 10.2 Å². The Morgan fingerprint density at radius 2 is 1.10 bits per heavy atom. The molecule has 11 heteroatoms. The number of rotatable bonds is 2. The number of carboxylic acids is 2. The van der Waals surface area contributed by atoms with E-state index in [1.54, 1.807) is 0 Å². The Labute approximate surface area is 163 Å². The summed E-state index contributed by atoms with van der Waals surface area (Å²) >= 11 is 35.8. The van der Waals surface area contributed by atoms with Gasteiger partial charge in [-0.25, -0.2) is 0 Å². The summed E-state index contributed by atoms with van der Waals surface area (Å²) in [4.78, 5) is 18.0. The molecular weight excluding hydrogens is 592 g/mol. The second-order valence-corrected chi connectivity index (χ2v) is 7.49. The van der Waals surface area contributed by atoms with E-state index < -0.39 is 47.9 Å². The molecule has 0 heterocycles. The number of alkyl halides is 4. The first-order valence-electron chi connectivity index (χ1n) is 4.69. The van der Waals surface area contributed by atoms with Gasteiger partial charge in [0.2, 0.25) is 0 Å². The molecule has 1 fully saturated rings. The van der Waals surface area contributed by atoms with Gasteiger partial charge in [0.25, 0.3) is 0 Å². The molecule has 0 aromatic heterocycles. The number of hydrogen-bond acceptors (Lipinski definition) is 4. The van der Waals surface area contributed by atoms with E-state index in [0.717, 1.165) is 0 Å². The molecule has 4 unspecified atom stereocenters. The van der Waals surface area contributed by atoms with Gasteiger partial charge >= 0.3 is 27.3 Å². The van der Waals surface area contributed by atoms with Gasteiger partial charge in [0, 0.05) is 23.8 Å². The number of hydrogen-bond donors (Lipinski definition) is 0. The van der Waals surface area contributed by atoms with E-state index >= 15 is 0 Å². The molecule has 2 rings (SSSR count). The molecule has 2 aliphatic carbocycles. The molecule has 0 aliphatic heterocycles. The number of halogens is 6. The molecule has 4 atom stereocenters. The SMILES string of the molecule is O=C([O-])C1C(C(=O)[O-])C2(Cl)C(Cl)=C(Cl)C1(Cl)C2(Cl)Cl.[Pb+2]. The van der Waals surface area contributed by atoms with Crippen molar-refractivity contribution >= 4 is 109 Å². The minimum Gasteiger partial charge on any atom is -0.550 e. The third kappa shape index (κ3) is 1.85. The molecule has 1 saturated carbocycles. The standard InChI is InChI=1S/C9H4Cl6O4.Pb/c10-3-4(11)8(13)2(6(18)19)1(5(16)17)7(3,12)9(8,14)15;/h1-2H,(H,16,17)(H,18,19);/q;+2/p-2. The van der Waals surface area contributed by atoms with Crippen LogP contribution in [0, 0.1) is 11.8 Å². The van der Waals surface area contributed by atoms with Gasteiger partial charge in [-0.05, 0) is 0 Å². The second kappa shape index (κ2) is 5.46. The second-order valence-electron chi connectivity index (χ2n) is 4.22. The normalized spacial score (nSPS) is 41.5. The predicted octanol–water partition coefficient (Wildman–Crippen LogP) is 0.183. The first-order valence-corrected chi connectivity index (χ1v) is 6.96. The summed E-state index contributed by atoms with van der Waals surface area (Å²) in [5.74, 6) is -7.41. The number of aliphatic carboxylic acids is 2. The molecular formula is C9H2Cl6O4Pb. The zero-order valence-electron chi connectivity index (χ0n) is 9.06. The Kier molecular flexibility index (Phi) is 5.29. The minimum absolute atomic E-state index is 0. The van der Waals surface area contributed by atoms with Crippen molar-refractivity contribution in [3.8, 4) is 0 Å². The molecule has 0 N–H and O–H groups in total. The van der Waals surface area contributed by atoms with E-state index in [1.165, 1.54) is 0 Å². The summed E-state index contributed by atoms with van der Waals surface area (Å²) in [6.07, 6.45) is 0. The molecule has 20 heavy (non-hydrogen) atoms. The Bertz CT molecular complexity index is 493. The summed E-state index contributed by atoms with van der Waals surface area (Å²) in [5.41, 5.74) is 0. The Morgan fingerprint density at radius 1 is 0.850 bits per heavy atom. The van der Waals surface area contributed by atoms with Crippen molar-refractivity contribution in [3.05, 3.63) is 10.1 Å². The fourth-order valence-corrected chi connectivity index (χ4v) is 5.50. The first kappa shape index (κ1) is 19.4. The summed E-state index contributed by atoms with van der Waals surface area (Å²) < 4.78 is -2.26. The quantitative estimate of drug-likeness (QED) is 0.338. The fourth-order valence-electron chi connectivity index (χ4n) is 2.58. The monoisotopic (exact) mass is 592 g/mol. The topological polar surface area (TPSA) is 80.3 Å². The van der Waals surface area contributed by atoms with Crippen LogP contribution in [0.5, 0.6) is 0 Å². The van der Waals surface area contributed by atoms with Gasteiger partial charge in [-0.3, -0.25) is 0 Å². The minimum atomic E-state index is -2.26. The zero-order chi connectivity index (χ0) is 15.0. The average Bonchev–Trinajstić information content (AvgIpc) is 2.48. The molecule has 0 aromatic rings. The van der Waals surface area contributed by atoms with Crippen molar-refractivity contribution in [2.24, 2.45) is 11.8 Å². The molecule has 2 radical (unpaired) electrons. The Hall–Kier alpha value is 1.34. The van der Waals surface area contributed by atoms with Crippen molar-refractivity contribution in [2.75, 3.05) is 0 Å². The van der Waals surface area contributed by atoms with Gasteiger partial charge < -0.3 is 19.8 Å². The van der Waals surface area contributed by atoms with Crippen molar-refractivity contribution in [1.29, 1.82) is 0 Å². The molecule has 4 nitrogen and oxygen atoms in total. The molecule has 108 valence electrons. The zero-order valence-corrected chi connectivity index (χ0v) is 17.5. The summed E-state index contributed by atoms with van der Waals surface area (Å²) in [7, 11) is 0. The van der Waals surface area contributed by atoms with E-state index in [9.17, 15) is 19.8 Å². The van der Waals surface area contributed by atoms with Crippen molar-refractivity contribution < 1.29 is 19.8 Å². The van der Waals surface area contributed by atoms with Gasteiger partial charge in [0.15, 0.2) is 4.33 Å². The average molecular weight is 594 g/mol. The summed E-state index contributed by atoms with van der Waals surface area (Å²) in [6, 6.07) is 0. The molecule has 0 aromatic carbocycles. The largest absolute Gasteiger partial charge is 2.00 e. The van der Waals surface area contributed by atoms with Crippen molar-refractivity contribution in [2.45, 2.75) is 14.1 Å². The van der Waals surface area contributed by atoms with Gasteiger partial charge in [-0.1, -0.05) is 46.4 Å². The van der Waals surface area contributed by atoms with E-state index in [-0.39, 0.29) is 27.3 Å². The Balaban J connectivity index is 0.00000200. The van der Waals surface area contributed by atoms with E-state index in [2.05, 4.69) is 0 Å². The van der Waals surface area contributed by atoms with Gasteiger partial charge in [0.05, 0.1) is 10.1 Å². The van der Waals surface area contributed by atoms with Crippen LogP contribution >= 0.6 is 69.6 Å². The number of fused-ring (bicyclic) bond motifs is 2. The van der Waals surface area contributed by atoms with Crippen LogP contribution in [-0.4, -0.2) is 53.3 Å². The first-order chi connectivity index (χ1) is 8.45. The van der Waals surface area contributed by atoms with Crippen LogP contribution in [0.15, 0.2) is 10.1 Å². The van der Waals surface area contributed by atoms with Crippen LogP contribution in [0.1, 0.15) is 0 Å². The number of carbonyl (C=O) groups excluding carboxylic acids is 2. The molecule has 0 saturated heterocycles. The number of carbonyl (C=O) groups is 2. The van der Waals surface area contributed by atoms with Gasteiger partial charge in [0.1, 0.15) is 9.75 Å². The van der Waals surface area contributed by atoms with Crippen LogP contribution in [0.3, 0.4) is 0 Å². The van der Waals surface area contributed by atoms with E-state index in [0.29, 0.717) is 0 Å². The molecule has 0 spiro atoms. The smallest absolute Gasteiger partial charge is 0.550 e. The van der Waals surface area contributed by atoms with Crippen LogP contribution in [0.2, 0.25) is 0 Å². The predicted molar refractivity (Wildman–Crippen MR) is 73.1 cm³/mol. The maximum absolute atomic E-state index is 11.2. The van der Waals surface area contributed by atoms with Crippen LogP contribution in [-0.2, 0) is 9.59 Å². The maximum Gasteiger partial charge on any atom is 2.00 e. The molecule has 0 amide bonds.